The van der Waals surface area contributed by atoms with E-state index in [9.17, 15) is 9.59 Å². The number of carboxylic acid groups (broad SMARTS) is 1. The van der Waals surface area contributed by atoms with Crippen molar-refractivity contribution in [3.8, 4) is 17.1 Å². The summed E-state index contributed by atoms with van der Waals surface area (Å²) >= 11 is 6.58. The third kappa shape index (κ3) is 4.40. The Morgan fingerprint density at radius 1 is 1.13 bits per heavy atom. The van der Waals surface area contributed by atoms with Gasteiger partial charge >= 0.3 is 5.97 Å². The van der Waals surface area contributed by atoms with Gasteiger partial charge < -0.3 is 14.3 Å². The second-order valence-corrected chi connectivity index (χ2v) is 7.91. The van der Waals surface area contributed by atoms with Crippen molar-refractivity contribution in [3.05, 3.63) is 76.9 Å². The van der Waals surface area contributed by atoms with Gasteiger partial charge in [0.15, 0.2) is 0 Å². The lowest BCUT2D eigenvalue weighted by Gasteiger charge is -2.15. The molecular formula is C23H17NO5S2. The van der Waals surface area contributed by atoms with E-state index < -0.39 is 5.97 Å². The zero-order chi connectivity index (χ0) is 22.0. The first-order valence-corrected chi connectivity index (χ1v) is 10.6. The highest BCUT2D eigenvalue weighted by Crippen LogP contribution is 2.37. The van der Waals surface area contributed by atoms with Gasteiger partial charge in [0.1, 0.15) is 22.3 Å². The number of rotatable bonds is 6. The van der Waals surface area contributed by atoms with Crippen molar-refractivity contribution in [2.24, 2.45) is 0 Å². The molecule has 1 fully saturated rings. The van der Waals surface area contributed by atoms with Crippen LogP contribution in [-0.2, 0) is 0 Å². The largest absolute Gasteiger partial charge is 0.494 e. The van der Waals surface area contributed by atoms with Crippen LogP contribution in [0.25, 0.3) is 17.4 Å². The molecule has 3 aromatic rings. The van der Waals surface area contributed by atoms with Crippen LogP contribution < -0.4 is 9.64 Å². The number of ether oxygens (including phenoxy) is 1. The first kappa shape index (κ1) is 20.9. The molecule has 6 nitrogen and oxygen atoms in total. The molecule has 4 rings (SSSR count). The van der Waals surface area contributed by atoms with Gasteiger partial charge in [-0.15, -0.1) is 0 Å². The molecule has 0 unspecified atom stereocenters. The molecule has 1 amide bonds. The molecule has 1 saturated heterocycles. The summed E-state index contributed by atoms with van der Waals surface area (Å²) in [4.78, 5) is 26.1. The molecule has 156 valence electrons. The summed E-state index contributed by atoms with van der Waals surface area (Å²) < 4.78 is 11.3. The number of benzene rings is 2. The summed E-state index contributed by atoms with van der Waals surface area (Å²) in [6.07, 6.45) is 1.73. The van der Waals surface area contributed by atoms with Crippen LogP contribution in [0.3, 0.4) is 0 Å². The highest BCUT2D eigenvalue weighted by Gasteiger charge is 2.33. The number of carbonyl (C=O) groups excluding carboxylic acids is 1. The molecule has 1 aromatic heterocycles. The zero-order valence-corrected chi connectivity index (χ0v) is 18.0. The van der Waals surface area contributed by atoms with Gasteiger partial charge in [-0.2, -0.15) is 0 Å². The normalized spacial score (nSPS) is 15.0. The number of thiocarbonyl (C=S) groups is 1. The SMILES string of the molecule is CCOc1ccc(N2C(=O)S/C(=C\c3ccc(-c4ccc(C(=O)O)cc4)o3)C2=S)cc1. The molecule has 0 aliphatic carbocycles. The highest BCUT2D eigenvalue weighted by atomic mass is 32.2. The Hall–Kier alpha value is -3.36. The summed E-state index contributed by atoms with van der Waals surface area (Å²) in [6.45, 7) is 2.48. The molecule has 0 atom stereocenters. The smallest absolute Gasteiger partial charge is 0.335 e. The number of anilines is 1. The molecule has 31 heavy (non-hydrogen) atoms. The standard InChI is InChI=1S/C23H17NO5S2/c1-2-28-17-9-7-16(8-10-17)24-21(30)20(31-23(24)27)13-18-11-12-19(29-18)14-3-5-15(6-4-14)22(25)26/h3-13H,2H2,1H3,(H,25,26)/b20-13-. The fraction of sp³-hybridized carbons (Fsp3) is 0.0870. The Morgan fingerprint density at radius 3 is 2.48 bits per heavy atom. The number of hydrogen-bond acceptors (Lipinski definition) is 6. The Balaban J connectivity index is 1.54. The Kier molecular flexibility index (Phi) is 5.92. The van der Waals surface area contributed by atoms with Gasteiger partial charge in [0.05, 0.1) is 22.8 Å². The van der Waals surface area contributed by atoms with Crippen LogP contribution in [0.15, 0.2) is 70.0 Å². The minimum atomic E-state index is -0.982. The van der Waals surface area contributed by atoms with E-state index in [1.807, 2.05) is 6.92 Å². The quantitative estimate of drug-likeness (QED) is 0.359. The number of furan rings is 1. The fourth-order valence-corrected chi connectivity index (χ4v) is 4.30. The fourth-order valence-electron chi connectivity index (χ4n) is 3.04. The van der Waals surface area contributed by atoms with Gasteiger partial charge in [0.2, 0.25) is 0 Å². The van der Waals surface area contributed by atoms with E-state index >= 15 is 0 Å². The number of amides is 1. The number of carbonyl (C=O) groups is 2. The van der Waals surface area contributed by atoms with E-state index in [-0.39, 0.29) is 10.8 Å². The third-order valence-corrected chi connectivity index (χ3v) is 5.94. The van der Waals surface area contributed by atoms with Gasteiger partial charge in [-0.3, -0.25) is 9.69 Å². The Labute approximate surface area is 188 Å². The summed E-state index contributed by atoms with van der Waals surface area (Å²) in [5, 5.41) is 8.83. The third-order valence-electron chi connectivity index (χ3n) is 4.52. The molecule has 8 heteroatoms. The zero-order valence-electron chi connectivity index (χ0n) is 16.4. The first-order valence-electron chi connectivity index (χ1n) is 9.40. The van der Waals surface area contributed by atoms with Crippen molar-refractivity contribution in [2.45, 2.75) is 6.92 Å². The van der Waals surface area contributed by atoms with Crippen molar-refractivity contribution < 1.29 is 23.8 Å². The Morgan fingerprint density at radius 2 is 1.84 bits per heavy atom. The van der Waals surface area contributed by atoms with Gasteiger partial charge in [0, 0.05) is 5.56 Å². The second-order valence-electron chi connectivity index (χ2n) is 6.53. The van der Waals surface area contributed by atoms with Crippen LogP contribution in [0.4, 0.5) is 10.5 Å². The molecular weight excluding hydrogens is 434 g/mol. The van der Waals surface area contributed by atoms with Crippen molar-refractivity contribution in [1.29, 1.82) is 0 Å². The van der Waals surface area contributed by atoms with Crippen molar-refractivity contribution in [1.82, 2.24) is 0 Å². The molecule has 1 aliphatic heterocycles. The molecule has 1 N–H and O–H groups in total. The van der Waals surface area contributed by atoms with Crippen molar-refractivity contribution in [3.63, 3.8) is 0 Å². The molecule has 1 aliphatic rings. The lowest BCUT2D eigenvalue weighted by molar-refractivity contribution is 0.0697. The van der Waals surface area contributed by atoms with Crippen LogP contribution in [0.2, 0.25) is 0 Å². The number of nitrogens with zero attached hydrogens (tertiary/aromatic N) is 1. The monoisotopic (exact) mass is 451 g/mol. The van der Waals surface area contributed by atoms with Crippen LogP contribution in [-0.4, -0.2) is 27.9 Å². The molecule has 0 saturated carbocycles. The van der Waals surface area contributed by atoms with Crippen molar-refractivity contribution >= 4 is 51.9 Å². The van der Waals surface area contributed by atoms with Crippen LogP contribution in [0.5, 0.6) is 5.75 Å². The number of carboxylic acids is 1. The summed E-state index contributed by atoms with van der Waals surface area (Å²) in [7, 11) is 0. The van der Waals surface area contributed by atoms with Gasteiger partial charge in [-0.25, -0.2) is 4.79 Å². The minimum Gasteiger partial charge on any atom is -0.494 e. The lowest BCUT2D eigenvalue weighted by atomic mass is 10.1. The number of aromatic carboxylic acids is 1. The van der Waals surface area contributed by atoms with E-state index in [1.165, 1.54) is 17.0 Å². The highest BCUT2D eigenvalue weighted by molar-refractivity contribution is 8.20. The predicted molar refractivity (Wildman–Crippen MR) is 125 cm³/mol. The van der Waals surface area contributed by atoms with E-state index in [0.717, 1.165) is 23.1 Å². The van der Waals surface area contributed by atoms with E-state index in [2.05, 4.69) is 0 Å². The minimum absolute atomic E-state index is 0.184. The lowest BCUT2D eigenvalue weighted by Crippen LogP contribution is -2.26. The Bertz CT molecular complexity index is 1180. The summed E-state index contributed by atoms with van der Waals surface area (Å²) in [5.74, 6) is 0.882. The molecule has 0 radical (unpaired) electrons. The maximum Gasteiger partial charge on any atom is 0.335 e. The average molecular weight is 452 g/mol. The van der Waals surface area contributed by atoms with Gasteiger partial charge in [-0.05, 0) is 73.3 Å². The average Bonchev–Trinajstić information content (AvgIpc) is 3.34. The molecule has 2 heterocycles. The van der Waals surface area contributed by atoms with Crippen molar-refractivity contribution in [2.75, 3.05) is 11.5 Å². The summed E-state index contributed by atoms with van der Waals surface area (Å²) in [6, 6.07) is 17.2. The second kappa shape index (κ2) is 8.79. The van der Waals surface area contributed by atoms with Gasteiger partial charge in [0.25, 0.3) is 5.24 Å². The predicted octanol–water partition coefficient (Wildman–Crippen LogP) is 6.09. The van der Waals surface area contributed by atoms with Gasteiger partial charge in [-0.1, -0.05) is 24.4 Å². The van der Waals surface area contributed by atoms with E-state index in [0.29, 0.717) is 33.7 Å². The molecule has 2 aromatic carbocycles. The molecule has 0 spiro atoms. The molecule has 0 bridgehead atoms. The van der Waals surface area contributed by atoms with Crippen LogP contribution >= 0.6 is 24.0 Å². The van der Waals surface area contributed by atoms with Crippen LogP contribution in [0, 0.1) is 0 Å². The van der Waals surface area contributed by atoms with E-state index in [1.54, 1.807) is 54.6 Å². The van der Waals surface area contributed by atoms with Crippen LogP contribution in [0.1, 0.15) is 23.0 Å². The number of thioether (sulfide) groups is 1. The maximum absolute atomic E-state index is 12.6. The topological polar surface area (TPSA) is 80.0 Å². The summed E-state index contributed by atoms with van der Waals surface area (Å²) in [5.41, 5.74) is 1.63. The van der Waals surface area contributed by atoms with E-state index in [4.69, 9.17) is 26.5 Å². The number of hydrogen-bond donors (Lipinski definition) is 1. The maximum atomic E-state index is 12.6. The first-order chi connectivity index (χ1) is 15.0.